The molecule has 28 heavy (non-hydrogen) atoms. The highest BCUT2D eigenvalue weighted by molar-refractivity contribution is 8.26. The Morgan fingerprint density at radius 1 is 1.43 bits per heavy atom. The van der Waals surface area contributed by atoms with Crippen molar-refractivity contribution in [3.05, 3.63) is 57.2 Å². The third-order valence-electron chi connectivity index (χ3n) is 3.85. The predicted molar refractivity (Wildman–Crippen MR) is 107 cm³/mol. The molecule has 1 aliphatic rings. The molecule has 1 aromatic heterocycles. The topological polar surface area (TPSA) is 119 Å². The second kappa shape index (κ2) is 8.31. The molecule has 1 fully saturated rings. The number of carboxylic acids is 1. The van der Waals surface area contributed by atoms with Crippen LogP contribution in [-0.4, -0.2) is 47.5 Å². The molecule has 144 valence electrons. The van der Waals surface area contributed by atoms with Gasteiger partial charge >= 0.3 is 5.97 Å². The fourth-order valence-electron chi connectivity index (χ4n) is 2.53. The van der Waals surface area contributed by atoms with Gasteiger partial charge in [0, 0.05) is 36.9 Å². The van der Waals surface area contributed by atoms with Crippen molar-refractivity contribution in [1.29, 1.82) is 0 Å². The van der Waals surface area contributed by atoms with Crippen LogP contribution >= 0.6 is 24.0 Å². The van der Waals surface area contributed by atoms with Gasteiger partial charge in [0.25, 0.3) is 11.6 Å². The van der Waals surface area contributed by atoms with Crippen LogP contribution in [0.5, 0.6) is 0 Å². The zero-order valence-electron chi connectivity index (χ0n) is 14.3. The molecule has 1 saturated heterocycles. The number of nitrogens with zero attached hydrogens (tertiary/aromatic N) is 4. The van der Waals surface area contributed by atoms with Gasteiger partial charge in [0.05, 0.1) is 21.7 Å². The molecule has 0 aliphatic carbocycles. The Morgan fingerprint density at radius 2 is 2.21 bits per heavy atom. The number of aromatic nitrogens is 2. The minimum atomic E-state index is -0.922. The van der Waals surface area contributed by atoms with E-state index in [2.05, 4.69) is 5.10 Å². The first-order valence-electron chi connectivity index (χ1n) is 8.12. The van der Waals surface area contributed by atoms with Crippen LogP contribution in [0.1, 0.15) is 18.4 Å². The van der Waals surface area contributed by atoms with Crippen LogP contribution in [0.2, 0.25) is 0 Å². The van der Waals surface area contributed by atoms with E-state index in [4.69, 9.17) is 17.3 Å². The quantitative estimate of drug-likeness (QED) is 0.316. The summed E-state index contributed by atoms with van der Waals surface area (Å²) < 4.78 is 1.86. The minimum absolute atomic E-state index is 0.0356. The molecule has 0 spiro atoms. The van der Waals surface area contributed by atoms with Crippen molar-refractivity contribution in [1.82, 2.24) is 14.7 Å². The van der Waals surface area contributed by atoms with Crippen LogP contribution in [0.25, 0.3) is 11.8 Å². The number of nitro benzene ring substituents is 1. The molecule has 0 bridgehead atoms. The number of benzene rings is 1. The first-order chi connectivity index (χ1) is 13.3. The number of carboxylic acid groups (broad SMARTS) is 1. The van der Waals surface area contributed by atoms with Crippen molar-refractivity contribution in [2.45, 2.75) is 12.8 Å². The van der Waals surface area contributed by atoms with Gasteiger partial charge in [-0.15, -0.1) is 0 Å². The summed E-state index contributed by atoms with van der Waals surface area (Å²) in [7, 11) is 0. The van der Waals surface area contributed by atoms with Crippen LogP contribution < -0.4 is 0 Å². The summed E-state index contributed by atoms with van der Waals surface area (Å²) in [4.78, 5) is 35.3. The third-order valence-corrected chi connectivity index (χ3v) is 5.23. The molecule has 9 nitrogen and oxygen atoms in total. The summed E-state index contributed by atoms with van der Waals surface area (Å²) >= 11 is 6.35. The highest BCUT2D eigenvalue weighted by Crippen LogP contribution is 2.32. The molecule has 11 heteroatoms. The molecule has 1 aliphatic heterocycles. The number of amides is 1. The number of non-ortho nitro benzene ring substituents is 1. The smallest absolute Gasteiger partial charge is 0.303 e. The summed E-state index contributed by atoms with van der Waals surface area (Å²) in [6, 6.07) is 6.05. The summed E-state index contributed by atoms with van der Waals surface area (Å²) in [6.45, 7) is 0.251. The minimum Gasteiger partial charge on any atom is -0.481 e. The molecule has 3 rings (SSSR count). The van der Waals surface area contributed by atoms with E-state index in [9.17, 15) is 19.7 Å². The van der Waals surface area contributed by atoms with Crippen molar-refractivity contribution < 1.29 is 19.6 Å². The van der Waals surface area contributed by atoms with Gasteiger partial charge < -0.3 is 5.11 Å². The molecular formula is C17H14N4O5S2. The molecular weight excluding hydrogens is 404 g/mol. The molecule has 1 aromatic carbocycles. The lowest BCUT2D eigenvalue weighted by molar-refractivity contribution is -0.384. The van der Waals surface area contributed by atoms with Crippen LogP contribution in [0.3, 0.4) is 0 Å². The number of thioether (sulfide) groups is 1. The van der Waals surface area contributed by atoms with Gasteiger partial charge in [0.15, 0.2) is 0 Å². The van der Waals surface area contributed by atoms with Crippen LogP contribution in [0.4, 0.5) is 5.69 Å². The number of nitro groups is 1. The fraction of sp³-hybridized carbons (Fsp3) is 0.176. The summed E-state index contributed by atoms with van der Waals surface area (Å²) in [5.41, 5.74) is 1.12. The van der Waals surface area contributed by atoms with E-state index < -0.39 is 10.9 Å². The number of hydrogen-bond acceptors (Lipinski definition) is 7. The number of hydrogen-bond donors (Lipinski definition) is 1. The maximum absolute atomic E-state index is 12.5. The normalized spacial score (nSPS) is 15.4. The van der Waals surface area contributed by atoms with Gasteiger partial charge in [0.2, 0.25) is 0 Å². The Hall–Kier alpha value is -3.05. The lowest BCUT2D eigenvalue weighted by Gasteiger charge is -2.13. The average molecular weight is 418 g/mol. The molecule has 0 saturated carbocycles. The molecule has 1 N–H and O–H groups in total. The van der Waals surface area contributed by atoms with Crippen molar-refractivity contribution in [3.63, 3.8) is 0 Å². The van der Waals surface area contributed by atoms with Crippen molar-refractivity contribution >= 4 is 51.9 Å². The second-order valence-electron chi connectivity index (χ2n) is 5.83. The van der Waals surface area contributed by atoms with E-state index in [1.54, 1.807) is 24.4 Å². The van der Waals surface area contributed by atoms with E-state index in [-0.39, 0.29) is 24.6 Å². The number of carbonyl (C=O) groups excluding carboxylic acids is 1. The average Bonchev–Trinajstić information content (AvgIpc) is 3.22. The standard InChI is InChI=1S/C17H14N4O5S2/c22-15(23)5-2-6-19-16(24)14(28-17(19)27)7-11-9-18-20(10-11)12-3-1-4-13(8-12)21(25)26/h1,3-4,7-10H,2,5-6H2,(H,22,23). The van der Waals surface area contributed by atoms with E-state index in [0.717, 1.165) is 11.8 Å². The Balaban J connectivity index is 1.75. The lowest BCUT2D eigenvalue weighted by Crippen LogP contribution is -2.29. The SMILES string of the molecule is O=C(O)CCCN1C(=O)C(=Cc2cnn(-c3cccc([N+](=O)[O-])c3)c2)SC1=S. The largest absolute Gasteiger partial charge is 0.481 e. The highest BCUT2D eigenvalue weighted by atomic mass is 32.2. The van der Waals surface area contributed by atoms with E-state index in [1.165, 1.54) is 27.9 Å². The van der Waals surface area contributed by atoms with Crippen LogP contribution in [0.15, 0.2) is 41.6 Å². The van der Waals surface area contributed by atoms with Crippen LogP contribution in [0, 0.1) is 10.1 Å². The fourth-order valence-corrected chi connectivity index (χ4v) is 3.84. The van der Waals surface area contributed by atoms with E-state index in [0.29, 0.717) is 26.9 Å². The first kappa shape index (κ1) is 19.7. The molecule has 0 unspecified atom stereocenters. The first-order valence-corrected chi connectivity index (χ1v) is 9.34. The Labute approximate surface area is 168 Å². The highest BCUT2D eigenvalue weighted by Gasteiger charge is 2.31. The van der Waals surface area contributed by atoms with Gasteiger partial charge in [0.1, 0.15) is 4.32 Å². The number of thiocarbonyl (C=S) groups is 1. The Bertz CT molecular complexity index is 1000. The number of rotatable bonds is 7. The van der Waals surface area contributed by atoms with Gasteiger partial charge in [-0.1, -0.05) is 30.0 Å². The molecule has 0 radical (unpaired) electrons. The summed E-state index contributed by atoms with van der Waals surface area (Å²) in [5.74, 6) is -1.20. The monoisotopic (exact) mass is 418 g/mol. The number of carbonyl (C=O) groups is 2. The van der Waals surface area contributed by atoms with E-state index >= 15 is 0 Å². The summed E-state index contributed by atoms with van der Waals surface area (Å²) in [5, 5.41) is 23.8. The summed E-state index contributed by atoms with van der Waals surface area (Å²) in [6.07, 6.45) is 5.11. The zero-order chi connectivity index (χ0) is 20.3. The van der Waals surface area contributed by atoms with E-state index in [1.807, 2.05) is 0 Å². The van der Waals surface area contributed by atoms with Crippen molar-refractivity contribution in [2.75, 3.05) is 6.54 Å². The maximum Gasteiger partial charge on any atom is 0.303 e. The molecule has 2 aromatic rings. The predicted octanol–water partition coefficient (Wildman–Crippen LogP) is 2.85. The second-order valence-corrected chi connectivity index (χ2v) is 7.50. The maximum atomic E-state index is 12.5. The lowest BCUT2D eigenvalue weighted by atomic mass is 10.2. The molecule has 0 atom stereocenters. The van der Waals surface area contributed by atoms with Gasteiger partial charge in [-0.2, -0.15) is 5.10 Å². The van der Waals surface area contributed by atoms with Gasteiger partial charge in [-0.3, -0.25) is 24.6 Å². The number of aliphatic carboxylic acids is 1. The van der Waals surface area contributed by atoms with Crippen molar-refractivity contribution in [3.8, 4) is 5.69 Å². The molecule has 2 heterocycles. The van der Waals surface area contributed by atoms with Crippen molar-refractivity contribution in [2.24, 2.45) is 0 Å². The zero-order valence-corrected chi connectivity index (χ0v) is 16.0. The Morgan fingerprint density at radius 3 is 2.93 bits per heavy atom. The van der Waals surface area contributed by atoms with Gasteiger partial charge in [-0.05, 0) is 18.6 Å². The molecule has 1 amide bonds. The third kappa shape index (κ3) is 4.43. The van der Waals surface area contributed by atoms with Crippen LogP contribution in [-0.2, 0) is 9.59 Å². The van der Waals surface area contributed by atoms with Gasteiger partial charge in [-0.25, -0.2) is 4.68 Å². The Kier molecular flexibility index (Phi) is 5.85.